The summed E-state index contributed by atoms with van der Waals surface area (Å²) >= 11 is 0. The Balaban J connectivity index is 1.93. The van der Waals surface area contributed by atoms with E-state index in [2.05, 4.69) is 35.3 Å². The van der Waals surface area contributed by atoms with Gasteiger partial charge >= 0.3 is 0 Å². The van der Waals surface area contributed by atoms with Crippen molar-refractivity contribution in [3.8, 4) is 11.5 Å². The van der Waals surface area contributed by atoms with Gasteiger partial charge in [-0.25, -0.2) is 5.11 Å². The van der Waals surface area contributed by atoms with Crippen molar-refractivity contribution >= 4 is 0 Å². The molecule has 0 aliphatic heterocycles. The smallest absolute Gasteiger partial charge is 0.247 e. The summed E-state index contributed by atoms with van der Waals surface area (Å²) in [7, 11) is 0. The van der Waals surface area contributed by atoms with E-state index in [-0.39, 0.29) is 6.61 Å². The molecular formula is C18H25N2O2. The molecule has 1 aromatic heterocycles. The molecule has 4 nitrogen and oxygen atoms in total. The standard InChI is InChI=1S/C18H25N2O2/c1-2-3-5-9-15-10-8-11-16(14-15)18-20-19-17(22-18)12-6-4-7-13-21/h8,10-11,14H,2-7,9,12-13H2,1H3. The minimum atomic E-state index is -0.0000925. The van der Waals surface area contributed by atoms with E-state index in [1.54, 1.807) is 0 Å². The van der Waals surface area contributed by atoms with Gasteiger partial charge in [-0.2, -0.15) is 0 Å². The van der Waals surface area contributed by atoms with Gasteiger partial charge in [0.15, 0.2) is 0 Å². The van der Waals surface area contributed by atoms with E-state index in [1.807, 2.05) is 6.07 Å². The number of aromatic nitrogens is 2. The maximum Gasteiger partial charge on any atom is 0.247 e. The van der Waals surface area contributed by atoms with E-state index < -0.39 is 0 Å². The van der Waals surface area contributed by atoms with E-state index in [0.29, 0.717) is 11.8 Å². The topological polar surface area (TPSA) is 58.8 Å². The van der Waals surface area contributed by atoms with Crippen molar-refractivity contribution in [1.82, 2.24) is 10.2 Å². The third-order valence-corrected chi connectivity index (χ3v) is 3.74. The highest BCUT2D eigenvalue weighted by Gasteiger charge is 2.09. The van der Waals surface area contributed by atoms with Crippen molar-refractivity contribution in [3.63, 3.8) is 0 Å². The van der Waals surface area contributed by atoms with Crippen molar-refractivity contribution in [2.45, 2.75) is 58.3 Å². The predicted octanol–water partition coefficient (Wildman–Crippen LogP) is 4.61. The third kappa shape index (κ3) is 5.26. The number of aryl methyl sites for hydroxylation is 2. The third-order valence-electron chi connectivity index (χ3n) is 3.74. The SMILES string of the molecule is CCCCCc1cccc(-c2nnc(CCCCC[O])o2)c1. The molecule has 0 atom stereocenters. The zero-order valence-electron chi connectivity index (χ0n) is 13.4. The molecule has 0 spiro atoms. The fourth-order valence-electron chi connectivity index (χ4n) is 2.47. The van der Waals surface area contributed by atoms with Crippen molar-refractivity contribution in [1.29, 1.82) is 0 Å². The quantitative estimate of drug-likeness (QED) is 0.602. The lowest BCUT2D eigenvalue weighted by Gasteiger charge is -2.02. The Morgan fingerprint density at radius 2 is 1.86 bits per heavy atom. The molecular weight excluding hydrogens is 276 g/mol. The van der Waals surface area contributed by atoms with Crippen LogP contribution in [0.3, 0.4) is 0 Å². The molecule has 0 aliphatic rings. The predicted molar refractivity (Wildman–Crippen MR) is 86.1 cm³/mol. The number of hydrogen-bond donors (Lipinski definition) is 0. The summed E-state index contributed by atoms with van der Waals surface area (Å²) in [6, 6.07) is 8.36. The van der Waals surface area contributed by atoms with Crippen LogP contribution in [0.4, 0.5) is 0 Å². The molecule has 119 valence electrons. The summed E-state index contributed by atoms with van der Waals surface area (Å²) in [5, 5.41) is 18.7. The lowest BCUT2D eigenvalue weighted by atomic mass is 10.0. The summed E-state index contributed by atoms with van der Waals surface area (Å²) in [6.07, 6.45) is 8.14. The summed E-state index contributed by atoms with van der Waals surface area (Å²) in [6.45, 7) is 2.22. The monoisotopic (exact) mass is 301 g/mol. The van der Waals surface area contributed by atoms with Crippen molar-refractivity contribution in [2.24, 2.45) is 0 Å². The highest BCUT2D eigenvalue weighted by molar-refractivity contribution is 5.53. The van der Waals surface area contributed by atoms with Gasteiger partial charge in [0.1, 0.15) is 0 Å². The Morgan fingerprint density at radius 1 is 1.00 bits per heavy atom. The van der Waals surface area contributed by atoms with Gasteiger partial charge in [-0.15, -0.1) is 10.2 Å². The zero-order valence-corrected chi connectivity index (χ0v) is 13.4. The van der Waals surface area contributed by atoms with Gasteiger partial charge in [0, 0.05) is 12.0 Å². The van der Waals surface area contributed by atoms with Gasteiger partial charge in [0.25, 0.3) is 0 Å². The van der Waals surface area contributed by atoms with Gasteiger partial charge in [0.2, 0.25) is 11.8 Å². The van der Waals surface area contributed by atoms with Gasteiger partial charge < -0.3 is 4.42 Å². The van der Waals surface area contributed by atoms with Crippen LogP contribution >= 0.6 is 0 Å². The molecule has 1 radical (unpaired) electrons. The highest BCUT2D eigenvalue weighted by Crippen LogP contribution is 2.21. The summed E-state index contributed by atoms with van der Waals surface area (Å²) in [5.41, 5.74) is 2.31. The van der Waals surface area contributed by atoms with Crippen molar-refractivity contribution in [2.75, 3.05) is 6.61 Å². The first-order chi connectivity index (χ1) is 10.8. The molecule has 4 heteroatoms. The molecule has 0 bridgehead atoms. The van der Waals surface area contributed by atoms with Crippen LogP contribution in [0.2, 0.25) is 0 Å². The second-order valence-corrected chi connectivity index (χ2v) is 5.67. The first kappa shape index (κ1) is 16.7. The fraction of sp³-hybridized carbons (Fsp3) is 0.556. The Morgan fingerprint density at radius 3 is 2.68 bits per heavy atom. The van der Waals surface area contributed by atoms with E-state index in [0.717, 1.165) is 37.7 Å². The normalized spacial score (nSPS) is 11.0. The van der Waals surface area contributed by atoms with Crippen LogP contribution in [-0.4, -0.2) is 16.8 Å². The molecule has 1 aromatic carbocycles. The lowest BCUT2D eigenvalue weighted by molar-refractivity contribution is 0.186. The summed E-state index contributed by atoms with van der Waals surface area (Å²) < 4.78 is 5.73. The Labute approximate surface area is 132 Å². The lowest BCUT2D eigenvalue weighted by Crippen LogP contribution is -1.87. The van der Waals surface area contributed by atoms with Crippen LogP contribution in [0.15, 0.2) is 28.7 Å². The average molecular weight is 301 g/mol. The zero-order chi connectivity index (χ0) is 15.6. The molecule has 0 fully saturated rings. The van der Waals surface area contributed by atoms with E-state index in [9.17, 15) is 5.11 Å². The molecule has 2 rings (SSSR count). The fourth-order valence-corrected chi connectivity index (χ4v) is 2.47. The Kier molecular flexibility index (Phi) is 7.10. The first-order valence-electron chi connectivity index (χ1n) is 8.33. The van der Waals surface area contributed by atoms with Gasteiger partial charge in [-0.1, -0.05) is 38.3 Å². The number of benzene rings is 1. The average Bonchev–Trinajstić information content (AvgIpc) is 3.01. The molecule has 0 saturated heterocycles. The largest absolute Gasteiger partial charge is 0.421 e. The highest BCUT2D eigenvalue weighted by atomic mass is 16.4. The molecule has 0 aliphatic carbocycles. The molecule has 0 unspecified atom stereocenters. The minimum Gasteiger partial charge on any atom is -0.421 e. The van der Waals surface area contributed by atoms with Gasteiger partial charge in [-0.05, 0) is 43.4 Å². The molecule has 0 N–H and O–H groups in total. The number of unbranched alkanes of at least 4 members (excludes halogenated alkanes) is 4. The molecule has 22 heavy (non-hydrogen) atoms. The van der Waals surface area contributed by atoms with E-state index in [4.69, 9.17) is 4.42 Å². The molecule has 2 aromatic rings. The summed E-state index contributed by atoms with van der Waals surface area (Å²) in [5.74, 6) is 1.26. The van der Waals surface area contributed by atoms with E-state index >= 15 is 0 Å². The van der Waals surface area contributed by atoms with Crippen molar-refractivity contribution < 1.29 is 9.52 Å². The Bertz CT molecular complexity index is 552. The second kappa shape index (κ2) is 9.36. The Hall–Kier alpha value is -1.68. The van der Waals surface area contributed by atoms with Crippen LogP contribution in [0.25, 0.3) is 11.5 Å². The van der Waals surface area contributed by atoms with Crippen LogP contribution in [0, 0.1) is 0 Å². The minimum absolute atomic E-state index is 0.0000925. The maximum absolute atomic E-state index is 10.4. The van der Waals surface area contributed by atoms with Gasteiger partial charge in [-0.3, -0.25) is 0 Å². The van der Waals surface area contributed by atoms with Crippen LogP contribution in [-0.2, 0) is 17.9 Å². The summed E-state index contributed by atoms with van der Waals surface area (Å²) in [4.78, 5) is 0. The molecule has 0 saturated carbocycles. The maximum atomic E-state index is 10.4. The molecule has 0 amide bonds. The van der Waals surface area contributed by atoms with E-state index in [1.165, 1.54) is 24.8 Å². The van der Waals surface area contributed by atoms with Crippen LogP contribution in [0.5, 0.6) is 0 Å². The number of nitrogens with zero attached hydrogens (tertiary/aromatic N) is 2. The molecule has 1 heterocycles. The van der Waals surface area contributed by atoms with Crippen LogP contribution < -0.4 is 0 Å². The van der Waals surface area contributed by atoms with Crippen molar-refractivity contribution in [3.05, 3.63) is 35.7 Å². The number of rotatable bonds is 10. The number of hydrogen-bond acceptors (Lipinski definition) is 3. The van der Waals surface area contributed by atoms with Gasteiger partial charge in [0.05, 0.1) is 6.61 Å². The second-order valence-electron chi connectivity index (χ2n) is 5.67. The van der Waals surface area contributed by atoms with Crippen LogP contribution in [0.1, 0.15) is 56.9 Å². The first-order valence-corrected chi connectivity index (χ1v) is 8.33.